The topological polar surface area (TPSA) is 70.8 Å². The van der Waals surface area contributed by atoms with E-state index in [0.717, 1.165) is 19.6 Å². The van der Waals surface area contributed by atoms with Gasteiger partial charge in [-0.3, -0.25) is 4.79 Å². The smallest absolute Gasteiger partial charge is 0.327 e. The fourth-order valence-electron chi connectivity index (χ4n) is 2.02. The highest BCUT2D eigenvalue weighted by atomic mass is 16.7. The van der Waals surface area contributed by atoms with E-state index in [1.165, 1.54) is 12.8 Å². The number of likely N-dealkylation sites (tertiary alicyclic amines) is 1. The molecule has 16 heavy (non-hydrogen) atoms. The van der Waals surface area contributed by atoms with Crippen molar-refractivity contribution in [2.45, 2.75) is 25.3 Å². The number of nitrogens with one attached hydrogen (secondary N) is 1. The summed E-state index contributed by atoms with van der Waals surface area (Å²) in [7, 11) is 4.20. The number of likely N-dealkylation sites (N-methyl/N-ethyl adjacent to an activating group) is 1. The minimum Gasteiger partial charge on any atom is -0.356 e. The molecule has 0 aromatic carbocycles. The lowest BCUT2D eigenvalue weighted by Gasteiger charge is -2.35. The fourth-order valence-corrected chi connectivity index (χ4v) is 2.02. The minimum absolute atomic E-state index is 0.311. The van der Waals surface area contributed by atoms with Crippen LogP contribution in [0.4, 0.5) is 0 Å². The zero-order valence-corrected chi connectivity index (χ0v) is 10.1. The van der Waals surface area contributed by atoms with Gasteiger partial charge < -0.3 is 14.6 Å². The summed E-state index contributed by atoms with van der Waals surface area (Å²) in [4.78, 5) is 20.1. The van der Waals surface area contributed by atoms with Crippen LogP contribution in [0.5, 0.6) is 0 Å². The van der Waals surface area contributed by atoms with Crippen LogP contribution in [0.1, 0.15) is 19.3 Å². The maximum Gasteiger partial charge on any atom is 0.327 e. The van der Waals surface area contributed by atoms with Gasteiger partial charge in [0.1, 0.15) is 0 Å². The van der Waals surface area contributed by atoms with Gasteiger partial charge in [0, 0.05) is 19.1 Å². The molecular formula is C10H22N4O2. The highest BCUT2D eigenvalue weighted by Gasteiger charge is 2.21. The Hall–Kier alpha value is -0.690. The van der Waals surface area contributed by atoms with Crippen LogP contribution in [-0.2, 0) is 9.63 Å². The van der Waals surface area contributed by atoms with Gasteiger partial charge in [-0.15, -0.1) is 0 Å². The number of hydrogen-bond acceptors (Lipinski definition) is 6. The fraction of sp³-hybridized carbons (Fsp3) is 0.900. The van der Waals surface area contributed by atoms with Gasteiger partial charge in [-0.05, 0) is 33.5 Å². The number of hydrogen-bond donors (Lipinski definition) is 2. The summed E-state index contributed by atoms with van der Waals surface area (Å²) in [6.07, 6.45) is 2.80. The molecule has 0 amide bonds. The van der Waals surface area contributed by atoms with Crippen LogP contribution in [0.3, 0.4) is 0 Å². The number of carbonyl (C=O) groups excluding carboxylic acids is 1. The van der Waals surface area contributed by atoms with Crippen molar-refractivity contribution in [1.29, 1.82) is 0 Å². The summed E-state index contributed by atoms with van der Waals surface area (Å²) in [6, 6.07) is 0.595. The van der Waals surface area contributed by atoms with Crippen molar-refractivity contribution in [3.8, 4) is 0 Å². The number of carbonyl (C=O) groups is 1. The Balaban J connectivity index is 2.24. The average molecular weight is 230 g/mol. The highest BCUT2D eigenvalue weighted by Crippen LogP contribution is 2.13. The van der Waals surface area contributed by atoms with Gasteiger partial charge >= 0.3 is 5.97 Å². The molecule has 0 radical (unpaired) electrons. The Bertz CT molecular complexity index is 223. The van der Waals surface area contributed by atoms with E-state index >= 15 is 0 Å². The second-order valence-corrected chi connectivity index (χ2v) is 4.40. The van der Waals surface area contributed by atoms with Gasteiger partial charge in [0.15, 0.2) is 0 Å². The Morgan fingerprint density at radius 1 is 1.62 bits per heavy atom. The summed E-state index contributed by atoms with van der Waals surface area (Å²) >= 11 is 0. The first-order chi connectivity index (χ1) is 7.63. The second kappa shape index (κ2) is 6.80. The first-order valence-electron chi connectivity index (χ1n) is 5.67. The molecule has 0 bridgehead atoms. The zero-order valence-electron chi connectivity index (χ0n) is 10.1. The molecule has 0 aromatic rings. The quantitative estimate of drug-likeness (QED) is 0.482. The second-order valence-electron chi connectivity index (χ2n) is 4.40. The Morgan fingerprint density at radius 2 is 2.38 bits per heavy atom. The third-order valence-corrected chi connectivity index (χ3v) is 3.02. The largest absolute Gasteiger partial charge is 0.356 e. The molecule has 0 aromatic heterocycles. The van der Waals surface area contributed by atoms with Gasteiger partial charge in [0.25, 0.3) is 0 Å². The van der Waals surface area contributed by atoms with Gasteiger partial charge in [-0.2, -0.15) is 0 Å². The van der Waals surface area contributed by atoms with Crippen molar-refractivity contribution < 1.29 is 9.63 Å². The summed E-state index contributed by atoms with van der Waals surface area (Å²) in [5.41, 5.74) is 1.91. The van der Waals surface area contributed by atoms with Gasteiger partial charge in [-0.25, -0.2) is 5.84 Å². The standard InChI is InChI=1S/C10H22N4O2/c1-13(2)9-4-3-6-14(8-9)7-5-10(15)16-12-11/h9,12H,3-8,11H2,1-2H3. The monoisotopic (exact) mass is 230 g/mol. The lowest BCUT2D eigenvalue weighted by molar-refractivity contribution is -0.151. The molecular weight excluding hydrogens is 208 g/mol. The molecule has 1 fully saturated rings. The van der Waals surface area contributed by atoms with E-state index < -0.39 is 0 Å². The third kappa shape index (κ3) is 4.44. The van der Waals surface area contributed by atoms with Crippen LogP contribution < -0.4 is 11.4 Å². The molecule has 94 valence electrons. The van der Waals surface area contributed by atoms with Crippen molar-refractivity contribution in [2.24, 2.45) is 5.84 Å². The van der Waals surface area contributed by atoms with Crippen LogP contribution in [0.25, 0.3) is 0 Å². The predicted octanol–water partition coefficient (Wildman–Crippen LogP) is -0.676. The SMILES string of the molecule is CN(C)C1CCCN(CCC(=O)ONN)C1. The number of nitrogens with zero attached hydrogens (tertiary/aromatic N) is 2. The maximum atomic E-state index is 11.1. The number of hydrazine groups is 1. The van der Waals surface area contributed by atoms with Crippen LogP contribution >= 0.6 is 0 Å². The summed E-state index contributed by atoms with van der Waals surface area (Å²) < 4.78 is 0. The molecule has 1 aliphatic rings. The number of rotatable bonds is 5. The Labute approximate surface area is 96.6 Å². The van der Waals surface area contributed by atoms with Crippen molar-refractivity contribution in [3.63, 3.8) is 0 Å². The number of nitrogens with two attached hydrogens (primary N) is 1. The molecule has 1 heterocycles. The Morgan fingerprint density at radius 3 is 3.00 bits per heavy atom. The van der Waals surface area contributed by atoms with Gasteiger partial charge in [0.2, 0.25) is 0 Å². The lowest BCUT2D eigenvalue weighted by Crippen LogP contribution is -2.45. The lowest BCUT2D eigenvalue weighted by atomic mass is 10.0. The minimum atomic E-state index is -0.311. The first kappa shape index (κ1) is 13.4. The van der Waals surface area contributed by atoms with E-state index in [1.807, 2.05) is 5.59 Å². The molecule has 6 nitrogen and oxygen atoms in total. The molecule has 1 aliphatic heterocycles. The molecule has 0 saturated carbocycles. The van der Waals surface area contributed by atoms with Crippen molar-refractivity contribution in [3.05, 3.63) is 0 Å². The van der Waals surface area contributed by atoms with E-state index in [9.17, 15) is 4.79 Å². The van der Waals surface area contributed by atoms with Crippen LogP contribution in [-0.4, -0.2) is 55.5 Å². The predicted molar refractivity (Wildman–Crippen MR) is 61.2 cm³/mol. The van der Waals surface area contributed by atoms with Crippen molar-refractivity contribution in [1.82, 2.24) is 15.4 Å². The normalized spacial score (nSPS) is 22.4. The van der Waals surface area contributed by atoms with Gasteiger partial charge in [-0.1, -0.05) is 5.59 Å². The first-order valence-corrected chi connectivity index (χ1v) is 5.67. The molecule has 1 unspecified atom stereocenters. The highest BCUT2D eigenvalue weighted by molar-refractivity contribution is 5.69. The van der Waals surface area contributed by atoms with Crippen molar-refractivity contribution >= 4 is 5.97 Å². The summed E-state index contributed by atoms with van der Waals surface area (Å²) in [5, 5.41) is 0. The molecule has 6 heteroatoms. The molecule has 0 spiro atoms. The summed E-state index contributed by atoms with van der Waals surface area (Å²) in [6.45, 7) is 2.83. The number of piperidine rings is 1. The zero-order chi connectivity index (χ0) is 12.0. The third-order valence-electron chi connectivity index (χ3n) is 3.02. The molecule has 3 N–H and O–H groups in total. The van der Waals surface area contributed by atoms with E-state index in [4.69, 9.17) is 5.84 Å². The van der Waals surface area contributed by atoms with E-state index in [0.29, 0.717) is 12.5 Å². The van der Waals surface area contributed by atoms with Crippen LogP contribution in [0, 0.1) is 0 Å². The molecule has 1 saturated heterocycles. The van der Waals surface area contributed by atoms with Crippen molar-refractivity contribution in [2.75, 3.05) is 33.7 Å². The maximum absolute atomic E-state index is 11.1. The van der Waals surface area contributed by atoms with E-state index in [2.05, 4.69) is 28.7 Å². The van der Waals surface area contributed by atoms with Gasteiger partial charge in [0.05, 0.1) is 6.42 Å². The molecule has 0 aliphatic carbocycles. The molecule has 1 atom stereocenters. The average Bonchev–Trinajstić information content (AvgIpc) is 2.27. The Kier molecular flexibility index (Phi) is 5.68. The van der Waals surface area contributed by atoms with Crippen LogP contribution in [0.15, 0.2) is 0 Å². The van der Waals surface area contributed by atoms with E-state index in [1.54, 1.807) is 0 Å². The molecule has 1 rings (SSSR count). The van der Waals surface area contributed by atoms with E-state index in [-0.39, 0.29) is 5.97 Å². The van der Waals surface area contributed by atoms with Crippen LogP contribution in [0.2, 0.25) is 0 Å². The summed E-state index contributed by atoms with van der Waals surface area (Å²) in [5.74, 6) is 4.58.